The predicted octanol–water partition coefficient (Wildman–Crippen LogP) is 3.32. The standard InChI is InChI=1S/C15H12F3NO4/c1-21-13-9-11(22-15(16,17)18)7-8-12(13)23-19-14(20)10-5-3-2-4-6-10/h2-9H,1H3,(H,19,20). The van der Waals surface area contributed by atoms with E-state index in [0.29, 0.717) is 5.56 Å². The van der Waals surface area contributed by atoms with Crippen LogP contribution < -0.4 is 19.8 Å². The Bertz CT molecular complexity index is 674. The van der Waals surface area contributed by atoms with E-state index in [0.717, 1.165) is 12.1 Å². The fourth-order valence-corrected chi connectivity index (χ4v) is 1.68. The van der Waals surface area contributed by atoms with Gasteiger partial charge >= 0.3 is 6.36 Å². The smallest absolute Gasteiger partial charge is 0.493 e. The highest BCUT2D eigenvalue weighted by atomic mass is 19.4. The lowest BCUT2D eigenvalue weighted by Crippen LogP contribution is -2.27. The summed E-state index contributed by atoms with van der Waals surface area (Å²) in [5, 5.41) is 0. The fourth-order valence-electron chi connectivity index (χ4n) is 1.68. The van der Waals surface area contributed by atoms with E-state index >= 15 is 0 Å². The molecule has 0 aliphatic heterocycles. The second kappa shape index (κ2) is 6.91. The maximum Gasteiger partial charge on any atom is 0.573 e. The molecule has 1 amide bonds. The van der Waals surface area contributed by atoms with Gasteiger partial charge in [-0.15, -0.1) is 13.2 Å². The van der Waals surface area contributed by atoms with Crippen LogP contribution in [0.5, 0.6) is 17.2 Å². The molecular formula is C15H12F3NO4. The lowest BCUT2D eigenvalue weighted by molar-refractivity contribution is -0.274. The van der Waals surface area contributed by atoms with Gasteiger partial charge in [-0.25, -0.2) is 0 Å². The van der Waals surface area contributed by atoms with Crippen molar-refractivity contribution >= 4 is 5.91 Å². The molecule has 0 heterocycles. The first kappa shape index (κ1) is 16.5. The Morgan fingerprint density at radius 3 is 2.35 bits per heavy atom. The average Bonchev–Trinajstić information content (AvgIpc) is 2.52. The van der Waals surface area contributed by atoms with E-state index in [1.807, 2.05) is 0 Å². The van der Waals surface area contributed by atoms with Crippen molar-refractivity contribution in [3.63, 3.8) is 0 Å². The molecule has 0 saturated heterocycles. The summed E-state index contributed by atoms with van der Waals surface area (Å²) in [5.41, 5.74) is 2.54. The number of rotatable bonds is 5. The monoisotopic (exact) mass is 327 g/mol. The van der Waals surface area contributed by atoms with Crippen molar-refractivity contribution in [2.75, 3.05) is 7.11 Å². The van der Waals surface area contributed by atoms with Crippen LogP contribution in [0.25, 0.3) is 0 Å². The van der Waals surface area contributed by atoms with Gasteiger partial charge in [0.2, 0.25) is 0 Å². The summed E-state index contributed by atoms with van der Waals surface area (Å²) in [6, 6.07) is 11.5. The number of carbonyl (C=O) groups is 1. The van der Waals surface area contributed by atoms with Gasteiger partial charge < -0.3 is 14.3 Å². The van der Waals surface area contributed by atoms with Crippen molar-refractivity contribution in [2.45, 2.75) is 6.36 Å². The number of hydrogen-bond acceptors (Lipinski definition) is 4. The van der Waals surface area contributed by atoms with Gasteiger partial charge in [0.15, 0.2) is 11.5 Å². The molecule has 2 aromatic carbocycles. The van der Waals surface area contributed by atoms with Crippen molar-refractivity contribution in [1.82, 2.24) is 5.48 Å². The molecule has 2 rings (SSSR count). The summed E-state index contributed by atoms with van der Waals surface area (Å²) < 4.78 is 45.2. The van der Waals surface area contributed by atoms with Gasteiger partial charge in [-0.1, -0.05) is 18.2 Å². The number of carbonyl (C=O) groups excluding carboxylic acids is 1. The van der Waals surface area contributed by atoms with Crippen LogP contribution in [-0.2, 0) is 0 Å². The Hall–Kier alpha value is -2.90. The van der Waals surface area contributed by atoms with Crippen LogP contribution in [0, 0.1) is 0 Å². The third kappa shape index (κ3) is 4.80. The van der Waals surface area contributed by atoms with Crippen molar-refractivity contribution in [2.24, 2.45) is 0 Å². The molecule has 122 valence electrons. The molecule has 0 spiro atoms. The number of nitrogens with one attached hydrogen (secondary N) is 1. The Morgan fingerprint density at radius 1 is 1.04 bits per heavy atom. The van der Waals surface area contributed by atoms with Crippen LogP contribution in [0.1, 0.15) is 10.4 Å². The summed E-state index contributed by atoms with van der Waals surface area (Å²) in [6.45, 7) is 0. The highest BCUT2D eigenvalue weighted by Crippen LogP contribution is 2.33. The van der Waals surface area contributed by atoms with E-state index in [2.05, 4.69) is 10.2 Å². The molecule has 0 aliphatic rings. The number of amides is 1. The van der Waals surface area contributed by atoms with Crippen LogP contribution >= 0.6 is 0 Å². The van der Waals surface area contributed by atoms with Crippen molar-refractivity contribution < 1.29 is 32.3 Å². The van der Waals surface area contributed by atoms with Gasteiger partial charge in [0, 0.05) is 11.6 Å². The number of halogens is 3. The Labute approximate surface area is 129 Å². The van der Waals surface area contributed by atoms with Crippen molar-refractivity contribution in [1.29, 1.82) is 0 Å². The van der Waals surface area contributed by atoms with E-state index in [1.165, 1.54) is 13.2 Å². The van der Waals surface area contributed by atoms with Gasteiger partial charge in [-0.3, -0.25) is 4.79 Å². The predicted molar refractivity (Wildman–Crippen MR) is 74.2 cm³/mol. The Kier molecular flexibility index (Phi) is 4.95. The van der Waals surface area contributed by atoms with Crippen LogP contribution in [0.4, 0.5) is 13.2 Å². The second-order valence-corrected chi connectivity index (χ2v) is 4.26. The van der Waals surface area contributed by atoms with Crippen LogP contribution in [0.15, 0.2) is 48.5 Å². The first-order valence-electron chi connectivity index (χ1n) is 6.35. The zero-order chi connectivity index (χ0) is 16.9. The zero-order valence-corrected chi connectivity index (χ0v) is 11.9. The third-order valence-electron chi connectivity index (χ3n) is 2.66. The maximum absolute atomic E-state index is 12.2. The lowest BCUT2D eigenvalue weighted by atomic mass is 10.2. The molecule has 0 aliphatic carbocycles. The van der Waals surface area contributed by atoms with Crippen LogP contribution in [-0.4, -0.2) is 19.4 Å². The van der Waals surface area contributed by atoms with E-state index in [-0.39, 0.29) is 11.5 Å². The number of benzene rings is 2. The maximum atomic E-state index is 12.2. The molecule has 8 heteroatoms. The molecule has 0 bridgehead atoms. The molecule has 0 atom stereocenters. The number of hydrogen-bond donors (Lipinski definition) is 1. The molecule has 5 nitrogen and oxygen atoms in total. The molecule has 0 aromatic heterocycles. The van der Waals surface area contributed by atoms with E-state index in [9.17, 15) is 18.0 Å². The summed E-state index contributed by atoms with van der Waals surface area (Å²) in [7, 11) is 1.25. The molecule has 0 unspecified atom stereocenters. The number of ether oxygens (including phenoxy) is 2. The summed E-state index contributed by atoms with van der Waals surface area (Å²) in [5.74, 6) is -0.967. The van der Waals surface area contributed by atoms with Crippen LogP contribution in [0.2, 0.25) is 0 Å². The van der Waals surface area contributed by atoms with Gasteiger partial charge in [-0.2, -0.15) is 5.48 Å². The van der Waals surface area contributed by atoms with Gasteiger partial charge in [0.25, 0.3) is 5.91 Å². The molecule has 2 aromatic rings. The van der Waals surface area contributed by atoms with Gasteiger partial charge in [0.1, 0.15) is 5.75 Å². The average molecular weight is 327 g/mol. The number of hydroxylamine groups is 1. The lowest BCUT2D eigenvalue weighted by Gasteiger charge is -2.13. The van der Waals surface area contributed by atoms with Gasteiger partial charge in [-0.05, 0) is 24.3 Å². The molecular weight excluding hydrogens is 315 g/mol. The third-order valence-corrected chi connectivity index (χ3v) is 2.66. The number of alkyl halides is 3. The summed E-state index contributed by atoms with van der Waals surface area (Å²) in [6.07, 6.45) is -4.81. The topological polar surface area (TPSA) is 56.8 Å². The van der Waals surface area contributed by atoms with E-state index in [4.69, 9.17) is 9.57 Å². The highest BCUT2D eigenvalue weighted by molar-refractivity contribution is 5.93. The van der Waals surface area contributed by atoms with E-state index < -0.39 is 18.0 Å². The van der Waals surface area contributed by atoms with Gasteiger partial charge in [0.05, 0.1) is 7.11 Å². The zero-order valence-electron chi connectivity index (χ0n) is 11.9. The fraction of sp³-hybridized carbons (Fsp3) is 0.133. The van der Waals surface area contributed by atoms with Crippen molar-refractivity contribution in [3.8, 4) is 17.2 Å². The Morgan fingerprint density at radius 2 is 1.74 bits per heavy atom. The van der Waals surface area contributed by atoms with Crippen LogP contribution in [0.3, 0.4) is 0 Å². The largest absolute Gasteiger partial charge is 0.573 e. The quantitative estimate of drug-likeness (QED) is 0.856. The molecule has 0 saturated carbocycles. The number of methoxy groups -OCH3 is 1. The highest BCUT2D eigenvalue weighted by Gasteiger charge is 2.31. The minimum atomic E-state index is -4.81. The molecule has 0 radical (unpaired) electrons. The SMILES string of the molecule is COc1cc(OC(F)(F)F)ccc1ONC(=O)c1ccccc1. The summed E-state index contributed by atoms with van der Waals surface area (Å²) >= 11 is 0. The Balaban J connectivity index is 2.06. The second-order valence-electron chi connectivity index (χ2n) is 4.26. The van der Waals surface area contributed by atoms with Crippen molar-refractivity contribution in [3.05, 3.63) is 54.1 Å². The summed E-state index contributed by atoms with van der Waals surface area (Å²) in [4.78, 5) is 16.9. The molecule has 23 heavy (non-hydrogen) atoms. The minimum absolute atomic E-state index is 0.0277. The first-order chi connectivity index (χ1) is 10.9. The minimum Gasteiger partial charge on any atom is -0.493 e. The molecule has 1 N–H and O–H groups in total. The molecule has 0 fully saturated rings. The first-order valence-corrected chi connectivity index (χ1v) is 6.35. The normalized spacial score (nSPS) is 10.8. The van der Waals surface area contributed by atoms with E-state index in [1.54, 1.807) is 30.3 Å².